The molecule has 3 aromatic rings. The molecule has 106 valence electrons. The number of benzene rings is 3. The van der Waals surface area contributed by atoms with Crippen molar-refractivity contribution < 1.29 is 4.74 Å². The summed E-state index contributed by atoms with van der Waals surface area (Å²) in [7, 11) is 0. The molecule has 0 fully saturated rings. The van der Waals surface area contributed by atoms with E-state index in [9.17, 15) is 0 Å². The molecule has 0 aliphatic rings. The molecule has 3 rings (SSSR count). The van der Waals surface area contributed by atoms with Crippen LogP contribution in [0.5, 0.6) is 11.5 Å². The Morgan fingerprint density at radius 3 is 2.57 bits per heavy atom. The maximum absolute atomic E-state index is 6.09. The van der Waals surface area contributed by atoms with Gasteiger partial charge in [0, 0.05) is 11.4 Å². The topological polar surface area (TPSA) is 35.2 Å². The number of hydrogen-bond donors (Lipinski definition) is 1. The van der Waals surface area contributed by atoms with Gasteiger partial charge < -0.3 is 10.5 Å². The van der Waals surface area contributed by atoms with Gasteiger partial charge in [-0.1, -0.05) is 55.5 Å². The van der Waals surface area contributed by atoms with E-state index in [1.165, 1.54) is 5.39 Å². The Balaban J connectivity index is 1.95. The molecule has 0 amide bonds. The Morgan fingerprint density at radius 1 is 0.952 bits per heavy atom. The number of fused-ring (bicyclic) bond motifs is 1. The van der Waals surface area contributed by atoms with Gasteiger partial charge in [0.1, 0.15) is 11.5 Å². The summed E-state index contributed by atoms with van der Waals surface area (Å²) >= 11 is 0. The Bertz CT molecular complexity index is 746. The number of ether oxygens (including phenoxy) is 1. The van der Waals surface area contributed by atoms with Crippen LogP contribution in [0.1, 0.15) is 24.9 Å². The standard InChI is InChI=1S/C19H19NO/c1-2-18(20)15-9-5-10-16(13-15)21-19-12-6-8-14-7-3-4-11-17(14)19/h3-13,18H,2,20H2,1H3. The number of hydrogen-bond acceptors (Lipinski definition) is 2. The van der Waals surface area contributed by atoms with Crippen molar-refractivity contribution in [1.82, 2.24) is 0 Å². The van der Waals surface area contributed by atoms with Crippen LogP contribution in [0.15, 0.2) is 66.7 Å². The maximum Gasteiger partial charge on any atom is 0.135 e. The molecule has 0 radical (unpaired) electrons. The molecule has 2 N–H and O–H groups in total. The van der Waals surface area contributed by atoms with E-state index in [4.69, 9.17) is 10.5 Å². The second-order valence-corrected chi connectivity index (χ2v) is 5.17. The summed E-state index contributed by atoms with van der Waals surface area (Å²) in [5.41, 5.74) is 7.20. The van der Waals surface area contributed by atoms with E-state index in [2.05, 4.69) is 25.1 Å². The molecule has 0 spiro atoms. The fourth-order valence-corrected chi connectivity index (χ4v) is 2.46. The molecular weight excluding hydrogens is 258 g/mol. The van der Waals surface area contributed by atoms with Crippen LogP contribution in [0.25, 0.3) is 10.8 Å². The lowest BCUT2D eigenvalue weighted by molar-refractivity contribution is 0.486. The third-order valence-corrected chi connectivity index (χ3v) is 3.70. The van der Waals surface area contributed by atoms with E-state index < -0.39 is 0 Å². The summed E-state index contributed by atoms with van der Waals surface area (Å²) in [5, 5.41) is 2.29. The third-order valence-electron chi connectivity index (χ3n) is 3.70. The Morgan fingerprint density at radius 2 is 1.71 bits per heavy atom. The molecule has 0 aromatic heterocycles. The van der Waals surface area contributed by atoms with Crippen LogP contribution in [-0.4, -0.2) is 0 Å². The van der Waals surface area contributed by atoms with Crippen molar-refractivity contribution in [3.8, 4) is 11.5 Å². The summed E-state index contributed by atoms with van der Waals surface area (Å²) < 4.78 is 6.07. The third kappa shape index (κ3) is 2.91. The van der Waals surface area contributed by atoms with Crippen molar-refractivity contribution >= 4 is 10.8 Å². The number of rotatable bonds is 4. The van der Waals surface area contributed by atoms with Crippen molar-refractivity contribution in [2.24, 2.45) is 5.73 Å². The van der Waals surface area contributed by atoms with Gasteiger partial charge in [-0.25, -0.2) is 0 Å². The van der Waals surface area contributed by atoms with Gasteiger partial charge in [0.05, 0.1) is 0 Å². The normalized spacial score (nSPS) is 12.3. The molecule has 0 aliphatic heterocycles. The van der Waals surface area contributed by atoms with Gasteiger partial charge >= 0.3 is 0 Å². The molecular formula is C19H19NO. The van der Waals surface area contributed by atoms with Crippen LogP contribution < -0.4 is 10.5 Å². The molecule has 1 atom stereocenters. The van der Waals surface area contributed by atoms with Crippen molar-refractivity contribution in [1.29, 1.82) is 0 Å². The smallest absolute Gasteiger partial charge is 0.135 e. The van der Waals surface area contributed by atoms with Gasteiger partial charge in [-0.3, -0.25) is 0 Å². The van der Waals surface area contributed by atoms with Gasteiger partial charge in [-0.2, -0.15) is 0 Å². The zero-order chi connectivity index (χ0) is 14.7. The minimum Gasteiger partial charge on any atom is -0.457 e. The molecule has 2 heteroatoms. The maximum atomic E-state index is 6.09. The molecule has 0 bridgehead atoms. The van der Waals surface area contributed by atoms with E-state index in [1.807, 2.05) is 48.5 Å². The first-order chi connectivity index (χ1) is 10.3. The SMILES string of the molecule is CCC(N)c1cccc(Oc2cccc3ccccc23)c1. The van der Waals surface area contributed by atoms with Crippen molar-refractivity contribution in [3.63, 3.8) is 0 Å². The summed E-state index contributed by atoms with van der Waals surface area (Å²) in [6, 6.07) is 22.4. The summed E-state index contributed by atoms with van der Waals surface area (Å²) in [4.78, 5) is 0. The van der Waals surface area contributed by atoms with Gasteiger partial charge in [0.25, 0.3) is 0 Å². The average Bonchev–Trinajstić information content (AvgIpc) is 2.55. The highest BCUT2D eigenvalue weighted by Crippen LogP contribution is 2.30. The molecule has 3 aromatic carbocycles. The average molecular weight is 277 g/mol. The van der Waals surface area contributed by atoms with E-state index in [1.54, 1.807) is 0 Å². The molecule has 0 saturated heterocycles. The van der Waals surface area contributed by atoms with Gasteiger partial charge in [-0.05, 0) is 35.6 Å². The minimum atomic E-state index is 0.0565. The van der Waals surface area contributed by atoms with Crippen LogP contribution in [-0.2, 0) is 0 Å². The predicted octanol–water partition coefficient (Wildman–Crippen LogP) is 5.04. The van der Waals surface area contributed by atoms with Crippen LogP contribution in [0.4, 0.5) is 0 Å². The molecule has 1 unspecified atom stereocenters. The molecule has 0 saturated carbocycles. The zero-order valence-electron chi connectivity index (χ0n) is 12.1. The van der Waals surface area contributed by atoms with Crippen molar-refractivity contribution in [3.05, 3.63) is 72.3 Å². The first-order valence-electron chi connectivity index (χ1n) is 7.29. The van der Waals surface area contributed by atoms with Gasteiger partial charge in [0.2, 0.25) is 0 Å². The fraction of sp³-hybridized carbons (Fsp3) is 0.158. The van der Waals surface area contributed by atoms with E-state index in [0.29, 0.717) is 0 Å². The lowest BCUT2D eigenvalue weighted by Gasteiger charge is -2.13. The second kappa shape index (κ2) is 5.98. The quantitative estimate of drug-likeness (QED) is 0.725. The Kier molecular flexibility index (Phi) is 3.89. The Hall–Kier alpha value is -2.32. The Labute approximate surface area is 125 Å². The molecule has 21 heavy (non-hydrogen) atoms. The van der Waals surface area contributed by atoms with Crippen molar-refractivity contribution in [2.45, 2.75) is 19.4 Å². The molecule has 2 nitrogen and oxygen atoms in total. The highest BCUT2D eigenvalue weighted by molar-refractivity contribution is 5.88. The monoisotopic (exact) mass is 277 g/mol. The van der Waals surface area contributed by atoms with Crippen LogP contribution in [0, 0.1) is 0 Å². The number of nitrogens with two attached hydrogens (primary N) is 1. The zero-order valence-corrected chi connectivity index (χ0v) is 12.1. The summed E-state index contributed by atoms with van der Waals surface area (Å²) in [5.74, 6) is 1.70. The predicted molar refractivity (Wildman–Crippen MR) is 87.7 cm³/mol. The first kappa shape index (κ1) is 13.7. The first-order valence-corrected chi connectivity index (χ1v) is 7.29. The van der Waals surface area contributed by atoms with Gasteiger partial charge in [0.15, 0.2) is 0 Å². The molecule has 0 heterocycles. The summed E-state index contributed by atoms with van der Waals surface area (Å²) in [6.45, 7) is 2.09. The van der Waals surface area contributed by atoms with E-state index in [0.717, 1.165) is 28.9 Å². The minimum absolute atomic E-state index is 0.0565. The van der Waals surface area contributed by atoms with E-state index in [-0.39, 0.29) is 6.04 Å². The fourth-order valence-electron chi connectivity index (χ4n) is 2.46. The van der Waals surface area contributed by atoms with E-state index >= 15 is 0 Å². The van der Waals surface area contributed by atoms with Crippen LogP contribution >= 0.6 is 0 Å². The lowest BCUT2D eigenvalue weighted by atomic mass is 10.1. The van der Waals surface area contributed by atoms with Crippen LogP contribution in [0.2, 0.25) is 0 Å². The summed E-state index contributed by atoms with van der Waals surface area (Å²) in [6.07, 6.45) is 0.914. The second-order valence-electron chi connectivity index (χ2n) is 5.17. The molecule has 0 aliphatic carbocycles. The van der Waals surface area contributed by atoms with Gasteiger partial charge in [-0.15, -0.1) is 0 Å². The highest BCUT2D eigenvalue weighted by Gasteiger charge is 2.06. The van der Waals surface area contributed by atoms with Crippen LogP contribution in [0.3, 0.4) is 0 Å². The van der Waals surface area contributed by atoms with Crippen molar-refractivity contribution in [2.75, 3.05) is 0 Å². The highest BCUT2D eigenvalue weighted by atomic mass is 16.5. The lowest BCUT2D eigenvalue weighted by Crippen LogP contribution is -2.08. The largest absolute Gasteiger partial charge is 0.457 e.